The number of carbonyl (C=O) groups is 3. The van der Waals surface area contributed by atoms with Crippen LogP contribution in [0.5, 0.6) is 0 Å². The Morgan fingerprint density at radius 2 is 2.15 bits per heavy atom. The van der Waals surface area contributed by atoms with Crippen molar-refractivity contribution in [2.75, 3.05) is 6.54 Å². The fraction of sp³-hybridized carbons (Fsp3) is 0.188. The highest BCUT2D eigenvalue weighted by molar-refractivity contribution is 8.15. The van der Waals surface area contributed by atoms with Gasteiger partial charge in [-0.3, -0.25) is 14.4 Å². The molecule has 2 aromatic rings. The van der Waals surface area contributed by atoms with E-state index in [1.165, 1.54) is 0 Å². The predicted molar refractivity (Wildman–Crippen MR) is 98.1 cm³/mol. The summed E-state index contributed by atoms with van der Waals surface area (Å²) in [6.45, 7) is -0.478. The van der Waals surface area contributed by atoms with Crippen LogP contribution in [0, 0.1) is 0 Å². The van der Waals surface area contributed by atoms with E-state index in [1.54, 1.807) is 6.21 Å². The van der Waals surface area contributed by atoms with Crippen LogP contribution in [0.3, 0.4) is 0 Å². The van der Waals surface area contributed by atoms with Gasteiger partial charge in [0, 0.05) is 29.1 Å². The molecule has 0 spiro atoms. The second-order valence-corrected chi connectivity index (χ2v) is 6.60. The number of hydrogen-bond acceptors (Lipinski definition) is 6. The molecule has 0 radical (unpaired) electrons. The molecule has 9 nitrogen and oxygen atoms in total. The normalized spacial score (nSPS) is 18.5. The Balaban J connectivity index is 1.59. The van der Waals surface area contributed by atoms with Crippen LogP contribution in [-0.2, 0) is 14.4 Å². The van der Waals surface area contributed by atoms with Gasteiger partial charge in [-0.15, -0.1) is 5.10 Å². The quantitative estimate of drug-likeness (QED) is 0.436. The number of hydrogen-bond donors (Lipinski definition) is 4. The molecule has 1 fully saturated rings. The molecule has 1 aliphatic rings. The van der Waals surface area contributed by atoms with E-state index in [4.69, 9.17) is 5.11 Å². The number of aromatic nitrogens is 1. The molecule has 4 N–H and O–H groups in total. The molecule has 1 atom stereocenters. The maximum Gasteiger partial charge on any atom is 0.322 e. The van der Waals surface area contributed by atoms with E-state index < -0.39 is 23.7 Å². The van der Waals surface area contributed by atoms with Crippen LogP contribution in [0.4, 0.5) is 0 Å². The van der Waals surface area contributed by atoms with Crippen molar-refractivity contribution >= 4 is 51.8 Å². The number of carboxylic acids is 1. The van der Waals surface area contributed by atoms with Gasteiger partial charge in [0.25, 0.3) is 0 Å². The van der Waals surface area contributed by atoms with Crippen molar-refractivity contribution in [2.24, 2.45) is 10.2 Å². The Morgan fingerprint density at radius 1 is 1.35 bits per heavy atom. The minimum Gasteiger partial charge on any atom is -0.480 e. The molecule has 134 valence electrons. The first-order chi connectivity index (χ1) is 12.5. The van der Waals surface area contributed by atoms with E-state index in [0.29, 0.717) is 5.17 Å². The van der Waals surface area contributed by atoms with Crippen LogP contribution in [0.1, 0.15) is 12.0 Å². The Labute approximate surface area is 151 Å². The fourth-order valence-electron chi connectivity index (χ4n) is 2.35. The lowest BCUT2D eigenvalue weighted by atomic mass is 10.2. The summed E-state index contributed by atoms with van der Waals surface area (Å²) in [6, 6.07) is 7.76. The standard InChI is InChI=1S/C16H15N5O4S/c22-13(18-8-14(23)24)5-12-15(25)20-16(26-12)21-19-7-9-6-17-11-4-2-1-3-10(9)11/h1-4,6-7,12,17H,5,8H2,(H,18,22)(H,23,24)(H,20,21,25)/b19-7-/t12-/m1/s1. The van der Waals surface area contributed by atoms with Crippen molar-refractivity contribution in [3.63, 3.8) is 0 Å². The first-order valence-corrected chi connectivity index (χ1v) is 8.54. The number of aliphatic carboxylic acids is 1. The molecular weight excluding hydrogens is 358 g/mol. The number of fused-ring (bicyclic) bond motifs is 1. The molecule has 3 rings (SSSR count). The Bertz CT molecular complexity index is 920. The van der Waals surface area contributed by atoms with Gasteiger partial charge in [0.2, 0.25) is 11.8 Å². The number of para-hydroxylation sites is 1. The van der Waals surface area contributed by atoms with Gasteiger partial charge in [0.05, 0.1) is 6.21 Å². The van der Waals surface area contributed by atoms with E-state index in [0.717, 1.165) is 28.2 Å². The molecular formula is C16H15N5O4S. The molecule has 1 aromatic heterocycles. The van der Waals surface area contributed by atoms with Gasteiger partial charge in [0.15, 0.2) is 5.17 Å². The average molecular weight is 373 g/mol. The summed E-state index contributed by atoms with van der Waals surface area (Å²) in [5.41, 5.74) is 1.85. The van der Waals surface area contributed by atoms with E-state index in [1.807, 2.05) is 30.5 Å². The van der Waals surface area contributed by atoms with Crippen LogP contribution in [-0.4, -0.2) is 51.1 Å². The number of benzene rings is 1. The predicted octanol–water partition coefficient (Wildman–Crippen LogP) is 0.680. The fourth-order valence-corrected chi connectivity index (χ4v) is 3.27. The molecule has 0 aliphatic carbocycles. The molecule has 26 heavy (non-hydrogen) atoms. The van der Waals surface area contributed by atoms with E-state index in [2.05, 4.69) is 25.8 Å². The van der Waals surface area contributed by atoms with Crippen LogP contribution in [0.2, 0.25) is 0 Å². The molecule has 1 aliphatic heterocycles. The Hall–Kier alpha value is -3.14. The van der Waals surface area contributed by atoms with E-state index >= 15 is 0 Å². The van der Waals surface area contributed by atoms with Crippen molar-refractivity contribution in [3.8, 4) is 0 Å². The van der Waals surface area contributed by atoms with Crippen molar-refractivity contribution in [1.82, 2.24) is 15.6 Å². The smallest absolute Gasteiger partial charge is 0.322 e. The summed E-state index contributed by atoms with van der Waals surface area (Å²) in [6.07, 6.45) is 3.25. The number of aromatic amines is 1. The molecule has 10 heteroatoms. The summed E-state index contributed by atoms with van der Waals surface area (Å²) >= 11 is 1.08. The third-order valence-corrected chi connectivity index (χ3v) is 4.62. The summed E-state index contributed by atoms with van der Waals surface area (Å²) in [5.74, 6) is -2.01. The van der Waals surface area contributed by atoms with Gasteiger partial charge in [-0.2, -0.15) is 5.10 Å². The molecule has 2 heterocycles. The topological polar surface area (TPSA) is 136 Å². The second-order valence-electron chi connectivity index (χ2n) is 5.41. The maximum absolute atomic E-state index is 11.9. The zero-order valence-electron chi connectivity index (χ0n) is 13.4. The van der Waals surface area contributed by atoms with Crippen molar-refractivity contribution in [2.45, 2.75) is 11.7 Å². The number of nitrogens with zero attached hydrogens (tertiary/aromatic N) is 2. The average Bonchev–Trinajstić information content (AvgIpc) is 3.17. The number of carboxylic acid groups (broad SMARTS) is 1. The van der Waals surface area contributed by atoms with Gasteiger partial charge >= 0.3 is 5.97 Å². The number of thioether (sulfide) groups is 1. The number of carbonyl (C=O) groups excluding carboxylic acids is 2. The van der Waals surface area contributed by atoms with Crippen LogP contribution < -0.4 is 10.6 Å². The minimum absolute atomic E-state index is 0.130. The Kier molecular flexibility index (Phi) is 5.32. The monoisotopic (exact) mass is 373 g/mol. The van der Waals surface area contributed by atoms with E-state index in [9.17, 15) is 14.4 Å². The van der Waals surface area contributed by atoms with Gasteiger partial charge in [-0.05, 0) is 6.07 Å². The van der Waals surface area contributed by atoms with Gasteiger partial charge < -0.3 is 20.7 Å². The lowest BCUT2D eigenvalue weighted by molar-refractivity contribution is -0.137. The van der Waals surface area contributed by atoms with Crippen molar-refractivity contribution in [3.05, 3.63) is 36.0 Å². The number of amidine groups is 1. The molecule has 2 amide bonds. The van der Waals surface area contributed by atoms with Gasteiger partial charge in [0.1, 0.15) is 11.8 Å². The van der Waals surface area contributed by atoms with Crippen molar-refractivity contribution in [1.29, 1.82) is 0 Å². The molecule has 1 aromatic carbocycles. The maximum atomic E-state index is 11.9. The zero-order chi connectivity index (χ0) is 18.5. The number of rotatable bonds is 6. The van der Waals surface area contributed by atoms with E-state index in [-0.39, 0.29) is 12.3 Å². The SMILES string of the molecule is O=C(O)CNC(=O)C[C@H]1S/C(=N\N=C/c2c[nH]c3ccccc23)NC1=O. The van der Waals surface area contributed by atoms with Crippen LogP contribution in [0.25, 0.3) is 10.9 Å². The molecule has 0 saturated carbocycles. The summed E-state index contributed by atoms with van der Waals surface area (Å²) in [4.78, 5) is 37.0. The van der Waals surface area contributed by atoms with Crippen molar-refractivity contribution < 1.29 is 19.5 Å². The molecule has 0 unspecified atom stereocenters. The Morgan fingerprint density at radius 3 is 2.96 bits per heavy atom. The molecule has 1 saturated heterocycles. The summed E-state index contributed by atoms with van der Waals surface area (Å²) in [7, 11) is 0. The first-order valence-electron chi connectivity index (χ1n) is 7.66. The summed E-state index contributed by atoms with van der Waals surface area (Å²) in [5, 5.41) is 21.9. The molecule has 0 bridgehead atoms. The number of nitrogens with one attached hydrogen (secondary N) is 3. The largest absolute Gasteiger partial charge is 0.480 e. The number of H-pyrrole nitrogens is 1. The zero-order valence-corrected chi connectivity index (χ0v) is 14.2. The van der Waals surface area contributed by atoms with Gasteiger partial charge in [-0.1, -0.05) is 30.0 Å². The highest BCUT2D eigenvalue weighted by Crippen LogP contribution is 2.22. The number of amides is 2. The first kappa shape index (κ1) is 17.7. The van der Waals surface area contributed by atoms with Crippen LogP contribution >= 0.6 is 11.8 Å². The third kappa shape index (κ3) is 4.28. The van der Waals surface area contributed by atoms with Gasteiger partial charge in [-0.25, -0.2) is 0 Å². The second kappa shape index (κ2) is 7.83. The van der Waals surface area contributed by atoms with Crippen LogP contribution in [0.15, 0.2) is 40.7 Å². The minimum atomic E-state index is -1.14. The lowest BCUT2D eigenvalue weighted by Gasteiger charge is -2.04. The lowest BCUT2D eigenvalue weighted by Crippen LogP contribution is -2.33. The highest BCUT2D eigenvalue weighted by Gasteiger charge is 2.32. The summed E-state index contributed by atoms with van der Waals surface area (Å²) < 4.78 is 0. The highest BCUT2D eigenvalue weighted by atomic mass is 32.2. The third-order valence-electron chi connectivity index (χ3n) is 3.55.